The first kappa shape index (κ1) is 11.4. The Morgan fingerprint density at radius 2 is 2.24 bits per heavy atom. The summed E-state index contributed by atoms with van der Waals surface area (Å²) in [7, 11) is 0. The van der Waals surface area contributed by atoms with Crippen LogP contribution < -0.4 is 10.5 Å². The molecule has 0 aliphatic rings. The average Bonchev–Trinajstić information content (AvgIpc) is 2.81. The van der Waals surface area contributed by atoms with E-state index in [1.54, 1.807) is 23.1 Å². The molecule has 1 unspecified atom stereocenters. The van der Waals surface area contributed by atoms with Crippen molar-refractivity contribution < 1.29 is 9.84 Å². The number of nitrogens with zero attached hydrogens (tertiary/aromatic N) is 3. The molecule has 0 aliphatic carbocycles. The van der Waals surface area contributed by atoms with E-state index in [-0.39, 0.29) is 6.61 Å². The predicted molar refractivity (Wildman–Crippen MR) is 62.4 cm³/mol. The fourth-order valence-corrected chi connectivity index (χ4v) is 1.39. The number of hydrogen-bond acceptors (Lipinski definition) is 5. The molecule has 1 heterocycles. The van der Waals surface area contributed by atoms with Crippen LogP contribution in [0.3, 0.4) is 0 Å². The van der Waals surface area contributed by atoms with E-state index >= 15 is 0 Å². The molecule has 2 aromatic rings. The summed E-state index contributed by atoms with van der Waals surface area (Å²) in [5.41, 5.74) is 6.26. The molecule has 6 heteroatoms. The van der Waals surface area contributed by atoms with Gasteiger partial charge in [0.1, 0.15) is 31.1 Å². The lowest BCUT2D eigenvalue weighted by Gasteiger charge is -2.13. The number of aliphatic hydroxyl groups excluding tert-OH is 1. The molecule has 0 saturated carbocycles. The molecule has 0 fully saturated rings. The summed E-state index contributed by atoms with van der Waals surface area (Å²) in [6.45, 7) is 0.501. The molecule has 90 valence electrons. The Balaban J connectivity index is 1.84. The van der Waals surface area contributed by atoms with E-state index in [4.69, 9.17) is 10.5 Å². The monoisotopic (exact) mass is 234 g/mol. The van der Waals surface area contributed by atoms with Crippen LogP contribution in [0.15, 0.2) is 36.9 Å². The Bertz CT molecular complexity index is 458. The van der Waals surface area contributed by atoms with Crippen molar-refractivity contribution in [2.24, 2.45) is 0 Å². The summed E-state index contributed by atoms with van der Waals surface area (Å²) < 4.78 is 6.95. The Hall–Kier alpha value is -2.08. The minimum absolute atomic E-state index is 0.161. The van der Waals surface area contributed by atoms with Gasteiger partial charge in [0.05, 0.1) is 12.2 Å². The molecule has 6 nitrogen and oxygen atoms in total. The summed E-state index contributed by atoms with van der Waals surface area (Å²) in [6, 6.07) is 7.17. The third-order valence-electron chi connectivity index (χ3n) is 2.21. The van der Waals surface area contributed by atoms with Crippen LogP contribution in [0.5, 0.6) is 5.75 Å². The minimum Gasteiger partial charge on any atom is -0.489 e. The number of nitrogen functional groups attached to an aromatic ring is 1. The summed E-state index contributed by atoms with van der Waals surface area (Å²) in [6.07, 6.45) is 2.30. The van der Waals surface area contributed by atoms with Crippen molar-refractivity contribution in [3.63, 3.8) is 0 Å². The molecule has 0 radical (unpaired) electrons. The highest BCUT2D eigenvalue weighted by molar-refractivity contribution is 5.51. The molecular formula is C11H14N4O2. The zero-order chi connectivity index (χ0) is 12.1. The van der Waals surface area contributed by atoms with E-state index in [0.29, 0.717) is 18.0 Å². The highest BCUT2D eigenvalue weighted by Gasteiger charge is 2.07. The highest BCUT2D eigenvalue weighted by atomic mass is 16.5. The normalized spacial score (nSPS) is 12.3. The van der Waals surface area contributed by atoms with Crippen LogP contribution in [0.4, 0.5) is 5.69 Å². The van der Waals surface area contributed by atoms with Gasteiger partial charge in [-0.15, -0.1) is 0 Å². The Morgan fingerprint density at radius 3 is 2.94 bits per heavy atom. The summed E-state index contributed by atoms with van der Waals surface area (Å²) in [5.74, 6) is 0.574. The lowest BCUT2D eigenvalue weighted by Crippen LogP contribution is -2.24. The Kier molecular flexibility index (Phi) is 3.56. The third-order valence-corrected chi connectivity index (χ3v) is 2.21. The van der Waals surface area contributed by atoms with E-state index < -0.39 is 6.10 Å². The molecule has 1 aromatic carbocycles. The minimum atomic E-state index is -0.656. The SMILES string of the molecule is Nc1ccccc1OCC(O)Cn1cncn1. The number of anilines is 1. The van der Waals surface area contributed by atoms with Crippen LogP contribution >= 0.6 is 0 Å². The van der Waals surface area contributed by atoms with Crippen molar-refractivity contribution in [2.75, 3.05) is 12.3 Å². The van der Waals surface area contributed by atoms with E-state index in [9.17, 15) is 5.11 Å². The van der Waals surface area contributed by atoms with Crippen molar-refractivity contribution in [3.05, 3.63) is 36.9 Å². The van der Waals surface area contributed by atoms with Gasteiger partial charge in [-0.05, 0) is 12.1 Å². The molecule has 0 spiro atoms. The van der Waals surface area contributed by atoms with Gasteiger partial charge in [0.15, 0.2) is 0 Å². The lowest BCUT2D eigenvalue weighted by molar-refractivity contribution is 0.0896. The van der Waals surface area contributed by atoms with E-state index in [1.165, 1.54) is 6.33 Å². The van der Waals surface area contributed by atoms with Gasteiger partial charge in [0.2, 0.25) is 0 Å². The van der Waals surface area contributed by atoms with Crippen molar-refractivity contribution in [1.29, 1.82) is 0 Å². The van der Waals surface area contributed by atoms with Crippen LogP contribution in [0.25, 0.3) is 0 Å². The largest absolute Gasteiger partial charge is 0.489 e. The number of aliphatic hydroxyl groups is 1. The van der Waals surface area contributed by atoms with Crippen LogP contribution in [-0.2, 0) is 6.54 Å². The van der Waals surface area contributed by atoms with E-state index in [0.717, 1.165) is 0 Å². The van der Waals surface area contributed by atoms with Gasteiger partial charge in [-0.3, -0.25) is 4.68 Å². The van der Waals surface area contributed by atoms with Crippen molar-refractivity contribution >= 4 is 5.69 Å². The quantitative estimate of drug-likeness (QED) is 0.727. The number of benzene rings is 1. The second kappa shape index (κ2) is 5.31. The molecule has 1 aromatic heterocycles. The van der Waals surface area contributed by atoms with Gasteiger partial charge in [0.25, 0.3) is 0 Å². The van der Waals surface area contributed by atoms with Crippen molar-refractivity contribution in [2.45, 2.75) is 12.6 Å². The van der Waals surface area contributed by atoms with E-state index in [2.05, 4.69) is 10.1 Å². The number of hydrogen-bond donors (Lipinski definition) is 2. The van der Waals surface area contributed by atoms with Gasteiger partial charge in [-0.25, -0.2) is 4.98 Å². The summed E-state index contributed by atoms with van der Waals surface area (Å²) >= 11 is 0. The number of rotatable bonds is 5. The molecule has 0 aliphatic heterocycles. The Morgan fingerprint density at radius 1 is 1.41 bits per heavy atom. The standard InChI is InChI=1S/C11H14N4O2/c12-10-3-1-2-4-11(10)17-6-9(16)5-15-8-13-7-14-15/h1-4,7-9,16H,5-6,12H2. The predicted octanol–water partition coefficient (Wildman–Crippen LogP) is 0.300. The second-order valence-electron chi connectivity index (χ2n) is 3.62. The maximum atomic E-state index is 9.72. The molecule has 2 rings (SSSR count). The third kappa shape index (κ3) is 3.18. The first-order chi connectivity index (χ1) is 8.25. The molecule has 0 saturated heterocycles. The smallest absolute Gasteiger partial charge is 0.142 e. The zero-order valence-electron chi connectivity index (χ0n) is 9.23. The summed E-state index contributed by atoms with van der Waals surface area (Å²) in [5, 5.41) is 13.6. The van der Waals surface area contributed by atoms with Crippen LogP contribution in [0, 0.1) is 0 Å². The van der Waals surface area contributed by atoms with Gasteiger partial charge < -0.3 is 15.6 Å². The first-order valence-corrected chi connectivity index (χ1v) is 5.23. The number of aromatic nitrogens is 3. The second-order valence-corrected chi connectivity index (χ2v) is 3.62. The fourth-order valence-electron chi connectivity index (χ4n) is 1.39. The molecular weight excluding hydrogens is 220 g/mol. The highest BCUT2D eigenvalue weighted by Crippen LogP contribution is 2.19. The van der Waals surface area contributed by atoms with Gasteiger partial charge in [0, 0.05) is 0 Å². The van der Waals surface area contributed by atoms with Gasteiger partial charge in [-0.1, -0.05) is 12.1 Å². The van der Waals surface area contributed by atoms with Crippen molar-refractivity contribution in [3.8, 4) is 5.75 Å². The van der Waals surface area contributed by atoms with Crippen LogP contribution in [0.1, 0.15) is 0 Å². The Labute approximate surface area is 98.7 Å². The first-order valence-electron chi connectivity index (χ1n) is 5.23. The summed E-state index contributed by atoms with van der Waals surface area (Å²) in [4.78, 5) is 3.79. The average molecular weight is 234 g/mol. The molecule has 0 amide bonds. The lowest BCUT2D eigenvalue weighted by atomic mass is 10.3. The zero-order valence-corrected chi connectivity index (χ0v) is 9.23. The number of ether oxygens (including phenoxy) is 1. The van der Waals surface area contributed by atoms with Gasteiger partial charge >= 0.3 is 0 Å². The molecule has 17 heavy (non-hydrogen) atoms. The van der Waals surface area contributed by atoms with Crippen molar-refractivity contribution in [1.82, 2.24) is 14.8 Å². The fraction of sp³-hybridized carbons (Fsp3) is 0.273. The number of nitrogens with two attached hydrogens (primary N) is 1. The number of para-hydroxylation sites is 2. The molecule has 3 N–H and O–H groups in total. The topological polar surface area (TPSA) is 86.2 Å². The molecule has 0 bridgehead atoms. The maximum absolute atomic E-state index is 9.72. The van der Waals surface area contributed by atoms with Crippen LogP contribution in [0.2, 0.25) is 0 Å². The maximum Gasteiger partial charge on any atom is 0.142 e. The van der Waals surface area contributed by atoms with E-state index in [1.807, 2.05) is 12.1 Å². The molecule has 1 atom stereocenters. The van der Waals surface area contributed by atoms with Gasteiger partial charge in [-0.2, -0.15) is 5.10 Å². The van der Waals surface area contributed by atoms with Crippen LogP contribution in [-0.4, -0.2) is 32.6 Å².